The number of fused-ring (bicyclic) bond motifs is 1. The van der Waals surface area contributed by atoms with Crippen molar-refractivity contribution in [2.45, 2.75) is 38.8 Å². The summed E-state index contributed by atoms with van der Waals surface area (Å²) in [6.45, 7) is 4.10. The van der Waals surface area contributed by atoms with Crippen LogP contribution in [0.5, 0.6) is 23.0 Å². The van der Waals surface area contributed by atoms with Crippen LogP contribution in [0.15, 0.2) is 30.3 Å². The number of carboxylic acids is 1. The van der Waals surface area contributed by atoms with E-state index in [9.17, 15) is 14.7 Å². The summed E-state index contributed by atoms with van der Waals surface area (Å²) in [5, 5.41) is 12.5. The number of carbonyl (C=O) groups excluding carboxylic acids is 1. The maximum absolute atomic E-state index is 13.5. The van der Waals surface area contributed by atoms with Crippen molar-refractivity contribution in [1.29, 1.82) is 0 Å². The third kappa shape index (κ3) is 5.23. The van der Waals surface area contributed by atoms with Gasteiger partial charge in [0.2, 0.25) is 0 Å². The van der Waals surface area contributed by atoms with Gasteiger partial charge in [-0.3, -0.25) is 0 Å². The highest BCUT2D eigenvalue weighted by atomic mass is 16.5. The number of urea groups is 1. The van der Waals surface area contributed by atoms with Crippen LogP contribution in [-0.4, -0.2) is 63.0 Å². The Bertz CT molecular complexity index is 1070. The van der Waals surface area contributed by atoms with Gasteiger partial charge in [0.05, 0.1) is 34.5 Å². The first kappa shape index (κ1) is 26.0. The first-order chi connectivity index (χ1) is 16.8. The number of rotatable bonds is 9. The van der Waals surface area contributed by atoms with Crippen LogP contribution in [0.25, 0.3) is 0 Å². The second kappa shape index (κ2) is 11.2. The largest absolute Gasteiger partial charge is 0.493 e. The Morgan fingerprint density at radius 1 is 1.00 bits per heavy atom. The molecule has 2 amide bonds. The van der Waals surface area contributed by atoms with Gasteiger partial charge in [0.15, 0.2) is 23.0 Å². The van der Waals surface area contributed by atoms with Gasteiger partial charge in [-0.2, -0.15) is 0 Å². The average Bonchev–Trinajstić information content (AvgIpc) is 2.88. The molecule has 35 heavy (non-hydrogen) atoms. The Kier molecular flexibility index (Phi) is 8.32. The number of nitrogens with zero attached hydrogens (tertiary/aromatic N) is 1. The lowest BCUT2D eigenvalue weighted by molar-refractivity contribution is -0.140. The van der Waals surface area contributed by atoms with Crippen LogP contribution in [0.4, 0.5) is 4.79 Å². The van der Waals surface area contributed by atoms with Crippen LogP contribution in [-0.2, 0) is 11.2 Å². The van der Waals surface area contributed by atoms with Crippen molar-refractivity contribution in [3.8, 4) is 23.0 Å². The topological polar surface area (TPSA) is 107 Å². The van der Waals surface area contributed by atoms with Crippen molar-refractivity contribution in [1.82, 2.24) is 10.2 Å². The molecule has 9 nitrogen and oxygen atoms in total. The number of benzene rings is 2. The number of hydrogen-bond donors (Lipinski definition) is 2. The van der Waals surface area contributed by atoms with E-state index in [0.717, 1.165) is 16.7 Å². The number of amides is 2. The molecule has 3 rings (SSSR count). The molecule has 9 heteroatoms. The van der Waals surface area contributed by atoms with E-state index in [1.165, 1.54) is 0 Å². The molecule has 2 aromatic carbocycles. The highest BCUT2D eigenvalue weighted by Crippen LogP contribution is 2.42. The van der Waals surface area contributed by atoms with Crippen molar-refractivity contribution < 1.29 is 33.6 Å². The van der Waals surface area contributed by atoms with Gasteiger partial charge >= 0.3 is 12.0 Å². The van der Waals surface area contributed by atoms with Crippen molar-refractivity contribution in [2.75, 3.05) is 35.0 Å². The normalized spacial score (nSPS) is 16.5. The van der Waals surface area contributed by atoms with Gasteiger partial charge in [-0.1, -0.05) is 26.3 Å². The fourth-order valence-electron chi connectivity index (χ4n) is 4.45. The minimum atomic E-state index is -1.06. The molecule has 0 unspecified atom stereocenters. The van der Waals surface area contributed by atoms with Crippen LogP contribution in [0.2, 0.25) is 0 Å². The van der Waals surface area contributed by atoms with E-state index in [4.69, 9.17) is 18.9 Å². The van der Waals surface area contributed by atoms with Gasteiger partial charge < -0.3 is 34.3 Å². The first-order valence-electron chi connectivity index (χ1n) is 11.6. The molecule has 0 saturated carbocycles. The van der Waals surface area contributed by atoms with Gasteiger partial charge in [0.1, 0.15) is 6.04 Å². The fraction of sp³-hybridized carbons (Fsp3) is 0.462. The predicted octanol–water partition coefficient (Wildman–Crippen LogP) is 3.88. The number of carboxylic acid groups (broad SMARTS) is 1. The molecule has 0 aliphatic carbocycles. The Hall–Kier alpha value is -3.62. The average molecular weight is 487 g/mol. The van der Waals surface area contributed by atoms with E-state index in [-0.39, 0.29) is 5.92 Å². The highest BCUT2D eigenvalue weighted by Gasteiger charge is 2.36. The quantitative estimate of drug-likeness (QED) is 0.554. The minimum absolute atomic E-state index is 0.225. The number of methoxy groups -OCH3 is 4. The zero-order valence-corrected chi connectivity index (χ0v) is 21.1. The Morgan fingerprint density at radius 3 is 2.17 bits per heavy atom. The van der Waals surface area contributed by atoms with Crippen LogP contribution in [0, 0.1) is 5.92 Å². The molecule has 190 valence electrons. The Labute approximate surface area is 205 Å². The maximum Gasteiger partial charge on any atom is 0.326 e. The monoisotopic (exact) mass is 486 g/mol. The molecule has 2 aromatic rings. The molecular weight excluding hydrogens is 452 g/mol. The van der Waals surface area contributed by atoms with Crippen LogP contribution >= 0.6 is 0 Å². The predicted molar refractivity (Wildman–Crippen MR) is 131 cm³/mol. The van der Waals surface area contributed by atoms with Crippen molar-refractivity contribution in [3.05, 3.63) is 47.0 Å². The standard InChI is InChI=1S/C26H34N2O7/c1-7-15(2)23(25(29)30)27-26(31)28-11-10-16-12-21(34-5)22(35-6)14-18(16)24(28)17-8-9-19(32-3)20(13-17)33-4/h8-9,12-15,23-24H,7,10-11H2,1-6H3,(H,27,31)(H,29,30)/t15-,23-,24+/m0/s1. The van der Waals surface area contributed by atoms with Crippen molar-refractivity contribution >= 4 is 12.0 Å². The molecule has 3 atom stereocenters. The molecule has 0 fully saturated rings. The van der Waals surface area contributed by atoms with Crippen LogP contribution in [0.1, 0.15) is 43.0 Å². The van der Waals surface area contributed by atoms with Crippen molar-refractivity contribution in [2.24, 2.45) is 5.92 Å². The summed E-state index contributed by atoms with van der Waals surface area (Å²) in [6.07, 6.45) is 1.20. The number of carbonyl (C=O) groups is 2. The van der Waals surface area contributed by atoms with Gasteiger partial charge in [0, 0.05) is 6.54 Å². The molecule has 1 aliphatic rings. The van der Waals surface area contributed by atoms with E-state index in [1.54, 1.807) is 39.4 Å². The lowest BCUT2D eigenvalue weighted by atomic mass is 9.87. The third-order valence-electron chi connectivity index (χ3n) is 6.62. The molecule has 1 heterocycles. The fourth-order valence-corrected chi connectivity index (χ4v) is 4.45. The van der Waals surface area contributed by atoms with Gasteiger partial charge in [-0.15, -0.1) is 0 Å². The van der Waals surface area contributed by atoms with E-state index in [2.05, 4.69) is 5.32 Å². The zero-order chi connectivity index (χ0) is 25.7. The van der Waals surface area contributed by atoms with Gasteiger partial charge in [-0.05, 0) is 53.3 Å². The van der Waals surface area contributed by atoms with E-state index in [1.807, 2.05) is 38.1 Å². The Morgan fingerprint density at radius 2 is 1.60 bits per heavy atom. The van der Waals surface area contributed by atoms with E-state index in [0.29, 0.717) is 42.4 Å². The zero-order valence-electron chi connectivity index (χ0n) is 21.1. The number of hydrogen-bond acceptors (Lipinski definition) is 6. The molecule has 0 bridgehead atoms. The second-order valence-electron chi connectivity index (χ2n) is 8.52. The SMILES string of the molecule is CC[C@H](C)[C@H](NC(=O)N1CCc2cc(OC)c(OC)cc2[C@H]1c1ccc(OC)c(OC)c1)C(=O)O. The smallest absolute Gasteiger partial charge is 0.326 e. The van der Waals surface area contributed by atoms with Gasteiger partial charge in [-0.25, -0.2) is 9.59 Å². The molecule has 0 aromatic heterocycles. The lowest BCUT2D eigenvalue weighted by Crippen LogP contribution is -2.53. The summed E-state index contributed by atoms with van der Waals surface area (Å²) in [4.78, 5) is 27.1. The van der Waals surface area contributed by atoms with Crippen LogP contribution < -0.4 is 24.3 Å². The summed E-state index contributed by atoms with van der Waals surface area (Å²) >= 11 is 0. The number of aliphatic carboxylic acids is 1. The second-order valence-corrected chi connectivity index (χ2v) is 8.52. The molecule has 2 N–H and O–H groups in total. The van der Waals surface area contributed by atoms with Gasteiger partial charge in [0.25, 0.3) is 0 Å². The Balaban J connectivity index is 2.12. The summed E-state index contributed by atoms with van der Waals surface area (Å²) in [7, 11) is 6.26. The third-order valence-corrected chi connectivity index (χ3v) is 6.62. The van der Waals surface area contributed by atoms with E-state index < -0.39 is 24.1 Å². The number of nitrogens with one attached hydrogen (secondary N) is 1. The van der Waals surface area contributed by atoms with Crippen molar-refractivity contribution in [3.63, 3.8) is 0 Å². The summed E-state index contributed by atoms with van der Waals surface area (Å²) in [6, 6.07) is 7.35. The highest BCUT2D eigenvalue weighted by molar-refractivity contribution is 5.83. The molecule has 1 aliphatic heterocycles. The van der Waals surface area contributed by atoms with E-state index >= 15 is 0 Å². The molecule has 0 saturated heterocycles. The van der Waals surface area contributed by atoms with Crippen LogP contribution in [0.3, 0.4) is 0 Å². The summed E-state index contributed by atoms with van der Waals surface area (Å²) in [5.41, 5.74) is 2.68. The summed E-state index contributed by atoms with van der Waals surface area (Å²) < 4.78 is 21.9. The molecular formula is C26H34N2O7. The molecule has 0 radical (unpaired) electrons. The first-order valence-corrected chi connectivity index (χ1v) is 11.6. The maximum atomic E-state index is 13.5. The molecule has 0 spiro atoms. The minimum Gasteiger partial charge on any atom is -0.493 e. The summed E-state index contributed by atoms with van der Waals surface area (Å²) in [5.74, 6) is 0.968. The number of ether oxygens (including phenoxy) is 4. The lowest BCUT2D eigenvalue weighted by Gasteiger charge is -2.39.